The van der Waals surface area contributed by atoms with Crippen LogP contribution in [0.5, 0.6) is 0 Å². The molecule has 0 aliphatic carbocycles. The van der Waals surface area contributed by atoms with Gasteiger partial charge in [0.05, 0.1) is 6.26 Å². The van der Waals surface area contributed by atoms with Gasteiger partial charge in [-0.3, -0.25) is 0 Å². The number of anilines is 1. The highest BCUT2D eigenvalue weighted by Crippen LogP contribution is 2.37. The number of aromatic nitrogens is 3. The van der Waals surface area contributed by atoms with E-state index < -0.39 is 10.0 Å². The fourth-order valence-electron chi connectivity index (χ4n) is 3.54. The lowest BCUT2D eigenvalue weighted by atomic mass is 10.0. The Morgan fingerprint density at radius 3 is 2.42 bits per heavy atom. The Labute approximate surface area is 185 Å². The molecule has 0 saturated carbocycles. The maximum Gasteiger partial charge on any atom is 0.219 e. The molecule has 2 aromatic heterocycles. The average molecular weight is 460 g/mol. The van der Waals surface area contributed by atoms with E-state index in [9.17, 15) is 12.8 Å². The maximum atomic E-state index is 14.9. The summed E-state index contributed by atoms with van der Waals surface area (Å²) in [6, 6.07) is 8.78. The first-order chi connectivity index (χ1) is 14.8. The first kappa shape index (κ1) is 21.7. The zero-order valence-electron chi connectivity index (χ0n) is 16.9. The second-order valence-corrected chi connectivity index (χ2v) is 10.6. The molecule has 1 aliphatic heterocycles. The lowest BCUT2D eigenvalue weighted by Gasteiger charge is -2.29. The van der Waals surface area contributed by atoms with E-state index in [0.29, 0.717) is 24.2 Å². The molecule has 0 bridgehead atoms. The SMILES string of the molecule is CS(=O)(=O)N1CCC(Sc2ncccc2-c2ccc(-c3cnc(N)nc3)c(F)c2)CC1. The van der Waals surface area contributed by atoms with Gasteiger partial charge in [-0.2, -0.15) is 0 Å². The van der Waals surface area contributed by atoms with Crippen molar-refractivity contribution in [3.63, 3.8) is 0 Å². The summed E-state index contributed by atoms with van der Waals surface area (Å²) >= 11 is 1.62. The smallest absolute Gasteiger partial charge is 0.219 e. The van der Waals surface area contributed by atoms with E-state index in [1.165, 1.54) is 29.0 Å². The number of benzene rings is 1. The second-order valence-electron chi connectivity index (χ2n) is 7.36. The van der Waals surface area contributed by atoms with Crippen LogP contribution >= 0.6 is 11.8 Å². The molecule has 0 atom stereocenters. The van der Waals surface area contributed by atoms with E-state index in [2.05, 4.69) is 15.0 Å². The summed E-state index contributed by atoms with van der Waals surface area (Å²) in [5, 5.41) is 1.06. The van der Waals surface area contributed by atoms with Crippen LogP contribution in [0.15, 0.2) is 53.9 Å². The van der Waals surface area contributed by atoms with Crippen molar-refractivity contribution in [1.82, 2.24) is 19.3 Å². The largest absolute Gasteiger partial charge is 0.368 e. The van der Waals surface area contributed by atoms with E-state index in [0.717, 1.165) is 29.0 Å². The normalized spacial score (nSPS) is 15.8. The van der Waals surface area contributed by atoms with Gasteiger partial charge >= 0.3 is 0 Å². The van der Waals surface area contributed by atoms with Crippen molar-refractivity contribution in [2.75, 3.05) is 25.1 Å². The Bertz CT molecular complexity index is 1180. The van der Waals surface area contributed by atoms with Gasteiger partial charge in [0.25, 0.3) is 0 Å². The maximum absolute atomic E-state index is 14.9. The molecule has 10 heteroatoms. The monoisotopic (exact) mass is 459 g/mol. The zero-order valence-corrected chi connectivity index (χ0v) is 18.5. The van der Waals surface area contributed by atoms with Gasteiger partial charge in [0, 0.05) is 53.6 Å². The molecule has 1 aromatic carbocycles. The molecule has 0 unspecified atom stereocenters. The molecule has 0 amide bonds. The summed E-state index contributed by atoms with van der Waals surface area (Å²) in [6.45, 7) is 1.01. The molecule has 1 fully saturated rings. The molecule has 0 radical (unpaired) electrons. The highest BCUT2D eigenvalue weighted by molar-refractivity contribution is 8.00. The number of nitrogens with zero attached hydrogens (tertiary/aromatic N) is 4. The van der Waals surface area contributed by atoms with Gasteiger partial charge in [-0.25, -0.2) is 32.1 Å². The van der Waals surface area contributed by atoms with Gasteiger partial charge in [0.15, 0.2) is 0 Å². The Balaban J connectivity index is 1.55. The number of nitrogen functional groups attached to an aromatic ring is 1. The number of rotatable bonds is 5. The van der Waals surface area contributed by atoms with E-state index in [4.69, 9.17) is 5.73 Å². The molecular weight excluding hydrogens is 437 g/mol. The van der Waals surface area contributed by atoms with Crippen LogP contribution in [0.25, 0.3) is 22.3 Å². The third-order valence-electron chi connectivity index (χ3n) is 5.18. The summed E-state index contributed by atoms with van der Waals surface area (Å²) < 4.78 is 39.9. The number of sulfonamides is 1. The van der Waals surface area contributed by atoms with Crippen molar-refractivity contribution in [3.8, 4) is 22.3 Å². The van der Waals surface area contributed by atoms with Crippen molar-refractivity contribution < 1.29 is 12.8 Å². The Kier molecular flexibility index (Phi) is 6.22. The molecular formula is C21H22FN5O2S2. The molecule has 31 heavy (non-hydrogen) atoms. The first-order valence-corrected chi connectivity index (χ1v) is 12.5. The number of hydrogen-bond acceptors (Lipinski definition) is 7. The zero-order chi connectivity index (χ0) is 22.0. The summed E-state index contributed by atoms with van der Waals surface area (Å²) in [4.78, 5) is 12.4. The van der Waals surface area contributed by atoms with Crippen LogP contribution in [-0.2, 0) is 10.0 Å². The predicted molar refractivity (Wildman–Crippen MR) is 120 cm³/mol. The highest BCUT2D eigenvalue weighted by atomic mass is 32.2. The molecule has 1 saturated heterocycles. The molecule has 7 nitrogen and oxygen atoms in total. The number of halogens is 1. The number of nitrogens with two attached hydrogens (primary N) is 1. The summed E-state index contributed by atoms with van der Waals surface area (Å²) in [5.41, 5.74) is 8.03. The van der Waals surface area contributed by atoms with Crippen LogP contribution in [0.4, 0.5) is 10.3 Å². The number of piperidine rings is 1. The highest BCUT2D eigenvalue weighted by Gasteiger charge is 2.26. The quantitative estimate of drug-likeness (QED) is 0.623. The number of thioether (sulfide) groups is 1. The predicted octanol–water partition coefficient (Wildman–Crippen LogP) is 3.44. The minimum Gasteiger partial charge on any atom is -0.368 e. The lowest BCUT2D eigenvalue weighted by Crippen LogP contribution is -2.38. The van der Waals surface area contributed by atoms with E-state index in [1.54, 1.807) is 24.0 Å². The van der Waals surface area contributed by atoms with Crippen molar-refractivity contribution in [2.45, 2.75) is 23.1 Å². The van der Waals surface area contributed by atoms with Gasteiger partial charge in [-0.05, 0) is 30.5 Å². The average Bonchev–Trinajstić information content (AvgIpc) is 2.75. The fraction of sp³-hybridized carbons (Fsp3) is 0.286. The van der Waals surface area contributed by atoms with Gasteiger partial charge in [0.1, 0.15) is 10.8 Å². The van der Waals surface area contributed by atoms with Gasteiger partial charge < -0.3 is 5.73 Å². The van der Waals surface area contributed by atoms with Crippen molar-refractivity contribution in [2.24, 2.45) is 0 Å². The van der Waals surface area contributed by atoms with Crippen LogP contribution in [-0.4, -0.2) is 52.3 Å². The van der Waals surface area contributed by atoms with Crippen molar-refractivity contribution in [3.05, 3.63) is 54.7 Å². The molecule has 0 spiro atoms. The molecule has 3 heterocycles. The third-order valence-corrected chi connectivity index (χ3v) is 7.84. The van der Waals surface area contributed by atoms with Crippen LogP contribution in [0.3, 0.4) is 0 Å². The molecule has 2 N–H and O–H groups in total. The molecule has 162 valence electrons. The summed E-state index contributed by atoms with van der Waals surface area (Å²) in [5.74, 6) is -0.243. The second kappa shape index (κ2) is 8.89. The van der Waals surface area contributed by atoms with Crippen LogP contribution in [0.1, 0.15) is 12.8 Å². The van der Waals surface area contributed by atoms with E-state index >= 15 is 0 Å². The Morgan fingerprint density at radius 1 is 1.06 bits per heavy atom. The Morgan fingerprint density at radius 2 is 1.77 bits per heavy atom. The van der Waals surface area contributed by atoms with E-state index in [-0.39, 0.29) is 17.0 Å². The third kappa shape index (κ3) is 5.03. The van der Waals surface area contributed by atoms with Gasteiger partial charge in [0.2, 0.25) is 16.0 Å². The van der Waals surface area contributed by atoms with Crippen LogP contribution < -0.4 is 5.73 Å². The van der Waals surface area contributed by atoms with Gasteiger partial charge in [-0.1, -0.05) is 18.2 Å². The summed E-state index contributed by atoms with van der Waals surface area (Å²) in [7, 11) is -3.16. The fourth-order valence-corrected chi connectivity index (χ4v) is 5.61. The molecule has 1 aliphatic rings. The van der Waals surface area contributed by atoms with E-state index in [1.807, 2.05) is 18.2 Å². The van der Waals surface area contributed by atoms with Crippen LogP contribution in [0.2, 0.25) is 0 Å². The molecule has 4 rings (SSSR count). The van der Waals surface area contributed by atoms with Crippen LogP contribution in [0, 0.1) is 5.82 Å². The lowest BCUT2D eigenvalue weighted by molar-refractivity contribution is 0.355. The Hall–Kier alpha value is -2.56. The van der Waals surface area contributed by atoms with Crippen molar-refractivity contribution >= 4 is 27.7 Å². The molecule has 3 aromatic rings. The van der Waals surface area contributed by atoms with Gasteiger partial charge in [-0.15, -0.1) is 11.8 Å². The standard InChI is InChI=1S/C21H22FN5O2S2/c1-31(28,29)27-9-6-16(7-10-27)30-20-18(3-2-8-24-20)14-4-5-17(19(22)11-14)15-12-25-21(23)26-13-15/h2-5,8,11-13,16H,6-7,9-10H2,1H3,(H2,23,25,26). The number of pyridine rings is 1. The first-order valence-electron chi connectivity index (χ1n) is 9.76. The summed E-state index contributed by atoms with van der Waals surface area (Å²) in [6.07, 6.45) is 7.44. The minimum atomic E-state index is -3.16. The number of hydrogen-bond donors (Lipinski definition) is 1. The van der Waals surface area contributed by atoms with Crippen molar-refractivity contribution in [1.29, 1.82) is 0 Å². The topological polar surface area (TPSA) is 102 Å². The minimum absolute atomic E-state index is 0.139.